The molecule has 0 radical (unpaired) electrons. The van der Waals surface area contributed by atoms with Gasteiger partial charge in [-0.15, -0.1) is 4.72 Å². The van der Waals surface area contributed by atoms with Crippen LogP contribution >= 0.6 is 0 Å². The average Bonchev–Trinajstić information content (AvgIpc) is 3.21. The topological polar surface area (TPSA) is 58.9 Å². The van der Waals surface area contributed by atoms with Crippen molar-refractivity contribution in [3.05, 3.63) is 29.8 Å². The standard InChI is InChI=1S/C17H20F2N2OS/c1-12-2-4-14(5-3-12)23(22)21-15(10-20)13-8-16(6-7-16)11-17(18,19)9-13/h2-5,13,15,21H,6-9,11H2,1H3/t13-,15-,23+/m1/s1. The van der Waals surface area contributed by atoms with Crippen molar-refractivity contribution < 1.29 is 13.3 Å². The summed E-state index contributed by atoms with van der Waals surface area (Å²) in [7, 11) is 0. The largest absolute Gasteiger partial charge is 0.593 e. The first-order valence-corrected chi connectivity index (χ1v) is 9.00. The maximum atomic E-state index is 14.0. The second-order valence-corrected chi connectivity index (χ2v) is 8.25. The molecule has 0 amide bonds. The van der Waals surface area contributed by atoms with Crippen LogP contribution in [0.3, 0.4) is 0 Å². The molecule has 2 aliphatic rings. The molecule has 23 heavy (non-hydrogen) atoms. The molecule has 3 nitrogen and oxygen atoms in total. The Morgan fingerprint density at radius 3 is 2.52 bits per heavy atom. The monoisotopic (exact) mass is 338 g/mol. The molecule has 3 rings (SSSR count). The summed E-state index contributed by atoms with van der Waals surface area (Å²) < 4.78 is 43.1. The number of rotatable bonds is 4. The van der Waals surface area contributed by atoms with Gasteiger partial charge in [0.15, 0.2) is 4.90 Å². The lowest BCUT2D eigenvalue weighted by Gasteiger charge is -2.36. The summed E-state index contributed by atoms with van der Waals surface area (Å²) >= 11 is -1.57. The first-order chi connectivity index (χ1) is 10.8. The molecule has 2 fully saturated rings. The third-order valence-corrected chi connectivity index (χ3v) is 6.09. The SMILES string of the molecule is Cc1ccc([S@+]([O-])N[C@H](C#N)[C@H]2CC(F)(F)CC3(CC3)C2)cc1. The van der Waals surface area contributed by atoms with E-state index in [1.54, 1.807) is 12.1 Å². The first-order valence-electron chi connectivity index (χ1n) is 7.85. The Morgan fingerprint density at radius 2 is 1.96 bits per heavy atom. The second-order valence-electron chi connectivity index (χ2n) is 7.01. The molecule has 1 aromatic rings. The highest BCUT2D eigenvalue weighted by Crippen LogP contribution is 2.61. The number of hydrogen-bond donors (Lipinski definition) is 1. The van der Waals surface area contributed by atoms with E-state index < -0.39 is 29.2 Å². The molecule has 1 N–H and O–H groups in total. The molecule has 2 saturated carbocycles. The van der Waals surface area contributed by atoms with Gasteiger partial charge in [0.05, 0.1) is 17.4 Å². The molecule has 1 aromatic carbocycles. The van der Waals surface area contributed by atoms with Crippen LogP contribution in [0.25, 0.3) is 0 Å². The van der Waals surface area contributed by atoms with Crippen molar-refractivity contribution in [3.8, 4) is 6.07 Å². The van der Waals surface area contributed by atoms with Gasteiger partial charge in [-0.1, -0.05) is 17.7 Å². The zero-order valence-corrected chi connectivity index (χ0v) is 13.8. The Balaban J connectivity index is 1.70. The fraction of sp³-hybridized carbons (Fsp3) is 0.588. The minimum absolute atomic E-state index is 0.0598. The molecule has 1 spiro atoms. The number of nitriles is 1. The lowest BCUT2D eigenvalue weighted by Crippen LogP contribution is -2.45. The lowest BCUT2D eigenvalue weighted by molar-refractivity contribution is -0.0804. The van der Waals surface area contributed by atoms with Gasteiger partial charge < -0.3 is 4.55 Å². The molecular formula is C17H20F2N2OS. The van der Waals surface area contributed by atoms with Gasteiger partial charge >= 0.3 is 0 Å². The highest BCUT2D eigenvalue weighted by Gasteiger charge is 2.57. The fourth-order valence-electron chi connectivity index (χ4n) is 3.57. The molecule has 124 valence electrons. The molecule has 0 unspecified atom stereocenters. The van der Waals surface area contributed by atoms with Gasteiger partial charge in [0.25, 0.3) is 0 Å². The van der Waals surface area contributed by atoms with Crippen molar-refractivity contribution >= 4 is 11.4 Å². The van der Waals surface area contributed by atoms with Gasteiger partial charge in [-0.2, -0.15) is 5.26 Å². The van der Waals surface area contributed by atoms with Gasteiger partial charge in [0, 0.05) is 12.8 Å². The van der Waals surface area contributed by atoms with Gasteiger partial charge in [-0.25, -0.2) is 8.78 Å². The van der Waals surface area contributed by atoms with E-state index in [2.05, 4.69) is 4.72 Å². The third-order valence-electron chi connectivity index (χ3n) is 4.93. The van der Waals surface area contributed by atoms with Crippen LogP contribution in [-0.2, 0) is 11.4 Å². The van der Waals surface area contributed by atoms with Crippen LogP contribution in [-0.4, -0.2) is 16.5 Å². The predicted molar refractivity (Wildman–Crippen MR) is 84.1 cm³/mol. The van der Waals surface area contributed by atoms with Crippen molar-refractivity contribution in [3.63, 3.8) is 0 Å². The van der Waals surface area contributed by atoms with Gasteiger partial charge in [-0.3, -0.25) is 0 Å². The molecule has 0 saturated heterocycles. The maximum Gasteiger partial charge on any atom is 0.249 e. The molecule has 6 heteroatoms. The summed E-state index contributed by atoms with van der Waals surface area (Å²) in [4.78, 5) is 0.555. The highest BCUT2D eigenvalue weighted by atomic mass is 32.2. The van der Waals surface area contributed by atoms with Crippen molar-refractivity contribution in [1.82, 2.24) is 4.72 Å². The third kappa shape index (κ3) is 3.85. The van der Waals surface area contributed by atoms with E-state index in [-0.39, 0.29) is 18.3 Å². The van der Waals surface area contributed by atoms with Gasteiger partial charge in [0.2, 0.25) is 5.92 Å². The van der Waals surface area contributed by atoms with E-state index in [1.807, 2.05) is 25.1 Å². The minimum Gasteiger partial charge on any atom is -0.593 e. The normalized spacial score (nSPS) is 27.2. The van der Waals surface area contributed by atoms with Crippen molar-refractivity contribution in [2.24, 2.45) is 11.3 Å². The number of alkyl halides is 2. The lowest BCUT2D eigenvalue weighted by atomic mass is 9.74. The highest BCUT2D eigenvalue weighted by molar-refractivity contribution is 7.89. The zero-order chi connectivity index (χ0) is 16.7. The summed E-state index contributed by atoms with van der Waals surface area (Å²) in [6, 6.07) is 8.36. The summed E-state index contributed by atoms with van der Waals surface area (Å²) in [6.45, 7) is 1.93. The summed E-state index contributed by atoms with van der Waals surface area (Å²) in [5.41, 5.74) is 0.763. The van der Waals surface area contributed by atoms with Crippen molar-refractivity contribution in [2.75, 3.05) is 0 Å². The van der Waals surface area contributed by atoms with Crippen LogP contribution in [0.1, 0.15) is 37.7 Å². The Morgan fingerprint density at radius 1 is 1.30 bits per heavy atom. The van der Waals surface area contributed by atoms with Crippen molar-refractivity contribution in [1.29, 1.82) is 5.26 Å². The van der Waals surface area contributed by atoms with E-state index in [0.717, 1.165) is 18.4 Å². The number of aryl methyl sites for hydroxylation is 1. The average molecular weight is 338 g/mol. The van der Waals surface area contributed by atoms with Gasteiger partial charge in [0.1, 0.15) is 6.04 Å². The zero-order valence-electron chi connectivity index (χ0n) is 13.0. The van der Waals surface area contributed by atoms with Crippen LogP contribution in [0.4, 0.5) is 8.78 Å². The predicted octanol–water partition coefficient (Wildman–Crippen LogP) is 3.72. The molecule has 0 heterocycles. The number of nitrogens with one attached hydrogen (secondary N) is 1. The van der Waals surface area contributed by atoms with Crippen molar-refractivity contribution in [2.45, 2.75) is 55.9 Å². The molecule has 2 aliphatic carbocycles. The van der Waals surface area contributed by atoms with E-state index in [4.69, 9.17) is 0 Å². The number of nitrogens with zero attached hydrogens (tertiary/aromatic N) is 1. The summed E-state index contributed by atoms with van der Waals surface area (Å²) in [6.07, 6.45) is 1.90. The first kappa shape index (κ1) is 16.7. The number of hydrogen-bond acceptors (Lipinski definition) is 3. The van der Waals surface area contributed by atoms with Crippen LogP contribution < -0.4 is 4.72 Å². The quantitative estimate of drug-likeness (QED) is 0.851. The van der Waals surface area contributed by atoms with E-state index in [1.165, 1.54) is 0 Å². The molecule has 0 aromatic heterocycles. The second kappa shape index (κ2) is 6.04. The molecule has 0 bridgehead atoms. The Hall–Kier alpha value is -1.16. The Kier molecular flexibility index (Phi) is 4.39. The van der Waals surface area contributed by atoms with E-state index >= 15 is 0 Å². The van der Waals surface area contributed by atoms with E-state index in [9.17, 15) is 18.6 Å². The van der Waals surface area contributed by atoms with Crippen LogP contribution in [0.2, 0.25) is 0 Å². The Bertz CT molecular complexity index is 604. The van der Waals surface area contributed by atoms with Gasteiger partial charge in [-0.05, 0) is 49.7 Å². The smallest absolute Gasteiger partial charge is 0.249 e. The fourth-order valence-corrected chi connectivity index (χ4v) is 4.57. The molecule has 0 aliphatic heterocycles. The van der Waals surface area contributed by atoms with Crippen LogP contribution in [0.15, 0.2) is 29.2 Å². The maximum absolute atomic E-state index is 14.0. The molecular weight excluding hydrogens is 318 g/mol. The summed E-state index contributed by atoms with van der Waals surface area (Å²) in [5.74, 6) is -3.18. The minimum atomic E-state index is -2.72. The summed E-state index contributed by atoms with van der Waals surface area (Å²) in [5, 5.41) is 9.39. The number of benzene rings is 1. The Labute approximate surface area is 138 Å². The van der Waals surface area contributed by atoms with Crippen LogP contribution in [0.5, 0.6) is 0 Å². The number of halogens is 2. The van der Waals surface area contributed by atoms with E-state index in [0.29, 0.717) is 11.3 Å². The van der Waals surface area contributed by atoms with Crippen LogP contribution in [0, 0.1) is 29.6 Å². The molecule has 3 atom stereocenters.